The van der Waals surface area contributed by atoms with Gasteiger partial charge in [0.2, 0.25) is 0 Å². The molecule has 0 radical (unpaired) electrons. The SMILES string of the molecule is CC(C)c1ccc(N2CCN(C(=O)c3ccc(F)c(F)c3F)CC2)cc1. The minimum Gasteiger partial charge on any atom is -0.368 e. The van der Waals surface area contributed by atoms with Gasteiger partial charge in [-0.3, -0.25) is 4.79 Å². The molecule has 0 unspecified atom stereocenters. The van der Waals surface area contributed by atoms with Crippen LogP contribution in [-0.4, -0.2) is 37.0 Å². The number of carbonyl (C=O) groups excluding carboxylic acids is 1. The molecule has 0 spiro atoms. The maximum absolute atomic E-state index is 13.8. The number of amides is 1. The summed E-state index contributed by atoms with van der Waals surface area (Å²) < 4.78 is 40.2. The van der Waals surface area contributed by atoms with Crippen LogP contribution < -0.4 is 4.90 Å². The highest BCUT2D eigenvalue weighted by molar-refractivity contribution is 5.94. The van der Waals surface area contributed by atoms with Crippen molar-refractivity contribution in [3.63, 3.8) is 0 Å². The van der Waals surface area contributed by atoms with E-state index in [-0.39, 0.29) is 0 Å². The standard InChI is InChI=1S/C20H21F3N2O/c1-13(2)14-3-5-15(6-4-14)24-9-11-25(12-10-24)20(26)16-7-8-17(21)19(23)18(16)22/h3-8,13H,9-12H2,1-2H3. The van der Waals surface area contributed by atoms with E-state index in [1.807, 2.05) is 0 Å². The van der Waals surface area contributed by atoms with E-state index in [0.29, 0.717) is 32.1 Å². The lowest BCUT2D eigenvalue weighted by atomic mass is 10.0. The molecule has 0 bridgehead atoms. The van der Waals surface area contributed by atoms with Crippen LogP contribution >= 0.6 is 0 Å². The van der Waals surface area contributed by atoms with Gasteiger partial charge in [0.1, 0.15) is 0 Å². The zero-order valence-corrected chi connectivity index (χ0v) is 14.8. The van der Waals surface area contributed by atoms with Crippen molar-refractivity contribution in [2.45, 2.75) is 19.8 Å². The van der Waals surface area contributed by atoms with E-state index in [4.69, 9.17) is 0 Å². The van der Waals surface area contributed by atoms with E-state index in [0.717, 1.165) is 17.8 Å². The highest BCUT2D eigenvalue weighted by Gasteiger charge is 2.26. The van der Waals surface area contributed by atoms with Crippen molar-refractivity contribution in [1.29, 1.82) is 0 Å². The number of hydrogen-bond acceptors (Lipinski definition) is 2. The molecule has 2 aromatic rings. The molecule has 1 fully saturated rings. The first kappa shape index (κ1) is 18.3. The van der Waals surface area contributed by atoms with E-state index in [9.17, 15) is 18.0 Å². The molecule has 1 aliphatic rings. The zero-order valence-electron chi connectivity index (χ0n) is 14.8. The number of rotatable bonds is 3. The Labute approximate surface area is 151 Å². The molecule has 1 heterocycles. The van der Waals surface area contributed by atoms with Gasteiger partial charge in [-0.05, 0) is 35.7 Å². The molecule has 1 saturated heterocycles. The largest absolute Gasteiger partial charge is 0.368 e. The second-order valence-corrected chi connectivity index (χ2v) is 6.75. The minimum atomic E-state index is -1.61. The van der Waals surface area contributed by atoms with Crippen LogP contribution in [0.4, 0.5) is 18.9 Å². The van der Waals surface area contributed by atoms with Crippen LogP contribution in [-0.2, 0) is 0 Å². The minimum absolute atomic E-state index is 0.392. The molecule has 6 heteroatoms. The summed E-state index contributed by atoms with van der Waals surface area (Å²) in [6, 6.07) is 10.1. The van der Waals surface area contributed by atoms with Crippen molar-refractivity contribution in [3.8, 4) is 0 Å². The summed E-state index contributed by atoms with van der Waals surface area (Å²) in [4.78, 5) is 16.0. The van der Waals surface area contributed by atoms with Crippen LogP contribution in [0.5, 0.6) is 0 Å². The molecule has 26 heavy (non-hydrogen) atoms. The van der Waals surface area contributed by atoms with Crippen LogP contribution in [0, 0.1) is 17.5 Å². The first-order valence-corrected chi connectivity index (χ1v) is 8.66. The second kappa shape index (κ2) is 7.40. The molecular weight excluding hydrogens is 341 g/mol. The highest BCUT2D eigenvalue weighted by Crippen LogP contribution is 2.22. The van der Waals surface area contributed by atoms with Crippen LogP contribution in [0.15, 0.2) is 36.4 Å². The summed E-state index contributed by atoms with van der Waals surface area (Å²) in [5, 5.41) is 0. The molecule has 0 atom stereocenters. The molecule has 0 saturated carbocycles. The fourth-order valence-corrected chi connectivity index (χ4v) is 3.10. The maximum atomic E-state index is 13.8. The Morgan fingerprint density at radius 2 is 1.50 bits per heavy atom. The Hall–Kier alpha value is -2.50. The van der Waals surface area contributed by atoms with Gasteiger partial charge in [-0.2, -0.15) is 0 Å². The van der Waals surface area contributed by atoms with E-state index in [1.54, 1.807) is 0 Å². The van der Waals surface area contributed by atoms with Crippen molar-refractivity contribution in [1.82, 2.24) is 4.90 Å². The van der Waals surface area contributed by atoms with Gasteiger partial charge in [-0.15, -0.1) is 0 Å². The number of anilines is 1. The van der Waals surface area contributed by atoms with Gasteiger partial charge in [0.25, 0.3) is 5.91 Å². The summed E-state index contributed by atoms with van der Waals surface area (Å²) in [7, 11) is 0. The molecule has 1 amide bonds. The molecule has 2 aromatic carbocycles. The number of halogens is 3. The Bertz CT molecular complexity index is 797. The van der Waals surface area contributed by atoms with Crippen molar-refractivity contribution >= 4 is 11.6 Å². The lowest BCUT2D eigenvalue weighted by Crippen LogP contribution is -2.49. The van der Waals surface area contributed by atoms with Crippen LogP contribution in [0.2, 0.25) is 0 Å². The topological polar surface area (TPSA) is 23.6 Å². The molecule has 138 valence electrons. The number of benzene rings is 2. The normalized spacial score (nSPS) is 14.8. The quantitative estimate of drug-likeness (QED) is 0.765. The van der Waals surface area contributed by atoms with Crippen molar-refractivity contribution in [2.24, 2.45) is 0 Å². The molecule has 3 rings (SSSR count). The fourth-order valence-electron chi connectivity index (χ4n) is 3.10. The smallest absolute Gasteiger partial charge is 0.257 e. The molecule has 0 aromatic heterocycles. The van der Waals surface area contributed by atoms with Gasteiger partial charge >= 0.3 is 0 Å². The summed E-state index contributed by atoms with van der Waals surface area (Å²) in [6.07, 6.45) is 0. The van der Waals surface area contributed by atoms with Crippen molar-refractivity contribution < 1.29 is 18.0 Å². The Morgan fingerprint density at radius 1 is 0.885 bits per heavy atom. The predicted octanol–water partition coefficient (Wildman–Crippen LogP) is 4.19. The number of hydrogen-bond donors (Lipinski definition) is 0. The van der Waals surface area contributed by atoms with Gasteiger partial charge < -0.3 is 9.80 Å². The van der Waals surface area contributed by atoms with E-state index in [2.05, 4.69) is 43.0 Å². The van der Waals surface area contributed by atoms with Gasteiger partial charge in [-0.1, -0.05) is 26.0 Å². The van der Waals surface area contributed by atoms with Gasteiger partial charge in [-0.25, -0.2) is 13.2 Å². The molecule has 0 N–H and O–H groups in total. The number of nitrogens with zero attached hydrogens (tertiary/aromatic N) is 2. The second-order valence-electron chi connectivity index (χ2n) is 6.75. The average molecular weight is 362 g/mol. The van der Waals surface area contributed by atoms with Crippen LogP contribution in [0.1, 0.15) is 35.7 Å². The third-order valence-corrected chi connectivity index (χ3v) is 4.76. The van der Waals surface area contributed by atoms with Gasteiger partial charge in [0.15, 0.2) is 17.5 Å². The number of piperazine rings is 1. The van der Waals surface area contributed by atoms with Crippen LogP contribution in [0.3, 0.4) is 0 Å². The summed E-state index contributed by atoms with van der Waals surface area (Å²) in [6.45, 7) is 6.25. The molecule has 1 aliphatic heterocycles. The first-order chi connectivity index (χ1) is 12.4. The lowest BCUT2D eigenvalue weighted by molar-refractivity contribution is 0.0740. The average Bonchev–Trinajstić information content (AvgIpc) is 2.66. The third kappa shape index (κ3) is 3.54. The third-order valence-electron chi connectivity index (χ3n) is 4.76. The van der Waals surface area contributed by atoms with E-state index >= 15 is 0 Å². The molecular formula is C20H21F3N2O. The lowest BCUT2D eigenvalue weighted by Gasteiger charge is -2.36. The summed E-state index contributed by atoms with van der Waals surface area (Å²) in [5.74, 6) is -4.49. The Morgan fingerprint density at radius 3 is 2.08 bits per heavy atom. The summed E-state index contributed by atoms with van der Waals surface area (Å²) >= 11 is 0. The van der Waals surface area contributed by atoms with Crippen molar-refractivity contribution in [2.75, 3.05) is 31.1 Å². The highest BCUT2D eigenvalue weighted by atomic mass is 19.2. The van der Waals surface area contributed by atoms with E-state index < -0.39 is 28.9 Å². The zero-order chi connectivity index (χ0) is 18.8. The van der Waals surface area contributed by atoms with E-state index in [1.165, 1.54) is 10.5 Å². The van der Waals surface area contributed by atoms with Crippen molar-refractivity contribution in [3.05, 3.63) is 65.0 Å². The molecule has 3 nitrogen and oxygen atoms in total. The Balaban J connectivity index is 1.66. The monoisotopic (exact) mass is 362 g/mol. The molecule has 0 aliphatic carbocycles. The van der Waals surface area contributed by atoms with Gasteiger partial charge in [0.05, 0.1) is 5.56 Å². The Kier molecular flexibility index (Phi) is 5.20. The summed E-state index contributed by atoms with van der Waals surface area (Å²) in [5.41, 5.74) is 1.90. The maximum Gasteiger partial charge on any atom is 0.257 e. The number of carbonyl (C=O) groups is 1. The fraction of sp³-hybridized carbons (Fsp3) is 0.350. The van der Waals surface area contributed by atoms with Crippen LogP contribution in [0.25, 0.3) is 0 Å². The van der Waals surface area contributed by atoms with Gasteiger partial charge in [0, 0.05) is 31.9 Å². The first-order valence-electron chi connectivity index (χ1n) is 8.66. The predicted molar refractivity (Wildman–Crippen MR) is 95.0 cm³/mol.